The minimum absolute atomic E-state index is 0.125. The van der Waals surface area contributed by atoms with Crippen LogP contribution in [0.3, 0.4) is 0 Å². The topological polar surface area (TPSA) is 64.6 Å². The van der Waals surface area contributed by atoms with Gasteiger partial charge in [0.25, 0.3) is 0 Å². The van der Waals surface area contributed by atoms with Gasteiger partial charge in [0.05, 0.1) is 0 Å². The van der Waals surface area contributed by atoms with Crippen LogP contribution in [0, 0.1) is 17.8 Å². The summed E-state index contributed by atoms with van der Waals surface area (Å²) in [5, 5.41) is 16.8. The maximum absolute atomic E-state index is 14.0. The van der Waals surface area contributed by atoms with Crippen LogP contribution in [0.25, 0.3) is 0 Å². The summed E-state index contributed by atoms with van der Waals surface area (Å²) in [4.78, 5) is 16.6. The summed E-state index contributed by atoms with van der Waals surface area (Å²) >= 11 is 0. The molecule has 5 heteroatoms. The molecule has 5 nitrogen and oxygen atoms in total. The summed E-state index contributed by atoms with van der Waals surface area (Å²) in [5.74, 6) is 1.65. The zero-order valence-corrected chi connectivity index (χ0v) is 19.9. The average Bonchev–Trinajstić information content (AvgIpc) is 3.19. The van der Waals surface area contributed by atoms with Gasteiger partial charge in [-0.25, -0.2) is 0 Å². The second kappa shape index (κ2) is 9.14. The molecular weight excluding hydrogens is 434 g/mol. The highest BCUT2D eigenvalue weighted by Crippen LogP contribution is 2.53. The molecule has 3 saturated heterocycles. The zero-order chi connectivity index (χ0) is 23.8. The third-order valence-electron chi connectivity index (χ3n) is 8.54. The maximum Gasteiger partial charge on any atom is 0.240 e. The standard InChI is InChI=1S/C30H33N3O2/c34-25-13-11-21(12-14-25)15-27-28-26-18-32-30(27,29(35)31-17-22-7-3-1-4-8-22)16-24(26)20-33(28)19-23-9-5-2-6-10-23/h1-14,24,26-28,32,34H,15-20H2,(H,31,35)/t24-,26-,27+,28-,30+/m1/s1. The number of benzene rings is 3. The third kappa shape index (κ3) is 4.13. The zero-order valence-electron chi connectivity index (χ0n) is 19.9. The van der Waals surface area contributed by atoms with Crippen molar-refractivity contribution in [2.75, 3.05) is 13.1 Å². The molecule has 3 heterocycles. The van der Waals surface area contributed by atoms with Crippen molar-refractivity contribution in [2.45, 2.75) is 37.5 Å². The minimum Gasteiger partial charge on any atom is -0.508 e. The van der Waals surface area contributed by atoms with E-state index in [1.54, 1.807) is 12.1 Å². The van der Waals surface area contributed by atoms with Crippen LogP contribution in [0.1, 0.15) is 23.1 Å². The predicted octanol–water partition coefficient (Wildman–Crippen LogP) is 3.73. The molecular formula is C30H33N3O2. The van der Waals surface area contributed by atoms with Crippen LogP contribution in [0.4, 0.5) is 0 Å². The molecule has 1 aliphatic carbocycles. The van der Waals surface area contributed by atoms with E-state index in [-0.39, 0.29) is 17.6 Å². The summed E-state index contributed by atoms with van der Waals surface area (Å²) in [6.07, 6.45) is 1.69. The van der Waals surface area contributed by atoms with Crippen LogP contribution in [0.2, 0.25) is 0 Å². The number of phenols is 1. The van der Waals surface area contributed by atoms with Crippen LogP contribution in [-0.2, 0) is 24.3 Å². The van der Waals surface area contributed by atoms with E-state index in [0.717, 1.165) is 38.0 Å². The number of phenolic OH excluding ortho intramolecular Hbond substituents is 1. The first-order chi connectivity index (χ1) is 17.1. The van der Waals surface area contributed by atoms with Crippen LogP contribution >= 0.6 is 0 Å². The van der Waals surface area contributed by atoms with Crippen molar-refractivity contribution in [2.24, 2.45) is 17.8 Å². The molecule has 3 aromatic carbocycles. The first-order valence-electron chi connectivity index (χ1n) is 12.8. The largest absolute Gasteiger partial charge is 0.508 e. The van der Waals surface area contributed by atoms with Gasteiger partial charge in [-0.1, -0.05) is 72.8 Å². The molecule has 1 amide bonds. The van der Waals surface area contributed by atoms with Gasteiger partial charge in [0, 0.05) is 38.1 Å². The fourth-order valence-electron chi connectivity index (χ4n) is 6.97. The molecule has 3 N–H and O–H groups in total. The summed E-state index contributed by atoms with van der Waals surface area (Å²) < 4.78 is 0. The molecule has 0 unspecified atom stereocenters. The van der Waals surface area contributed by atoms with Gasteiger partial charge in [0.2, 0.25) is 5.91 Å². The Labute approximate surface area is 207 Å². The predicted molar refractivity (Wildman–Crippen MR) is 137 cm³/mol. The number of likely N-dealkylation sites (tertiary alicyclic amines) is 1. The summed E-state index contributed by atoms with van der Waals surface area (Å²) in [5.41, 5.74) is 3.03. The molecule has 180 valence electrons. The van der Waals surface area contributed by atoms with Gasteiger partial charge in [-0.2, -0.15) is 0 Å². The van der Waals surface area contributed by atoms with Gasteiger partial charge in [-0.3, -0.25) is 9.69 Å². The van der Waals surface area contributed by atoms with Crippen molar-refractivity contribution in [1.29, 1.82) is 0 Å². The van der Waals surface area contributed by atoms with Crippen LogP contribution in [-0.4, -0.2) is 40.6 Å². The van der Waals surface area contributed by atoms with Crippen LogP contribution < -0.4 is 10.6 Å². The van der Waals surface area contributed by atoms with E-state index in [9.17, 15) is 9.90 Å². The van der Waals surface area contributed by atoms with Gasteiger partial charge >= 0.3 is 0 Å². The van der Waals surface area contributed by atoms with E-state index < -0.39 is 5.54 Å². The number of rotatable bonds is 7. The lowest BCUT2D eigenvalue weighted by Gasteiger charge is -2.56. The highest BCUT2D eigenvalue weighted by molar-refractivity contribution is 5.87. The monoisotopic (exact) mass is 467 g/mol. The number of carbonyl (C=O) groups excluding carboxylic acids is 1. The van der Waals surface area contributed by atoms with E-state index in [1.807, 2.05) is 30.3 Å². The lowest BCUT2D eigenvalue weighted by Crippen LogP contribution is -2.74. The molecule has 3 aromatic rings. The van der Waals surface area contributed by atoms with E-state index in [4.69, 9.17) is 0 Å². The molecule has 5 atom stereocenters. The van der Waals surface area contributed by atoms with Gasteiger partial charge in [0.1, 0.15) is 11.3 Å². The highest BCUT2D eigenvalue weighted by atomic mass is 16.3. The summed E-state index contributed by atoms with van der Waals surface area (Å²) in [7, 11) is 0. The van der Waals surface area contributed by atoms with E-state index in [1.165, 1.54) is 11.1 Å². The van der Waals surface area contributed by atoms with Gasteiger partial charge in [-0.05, 0) is 53.5 Å². The fourth-order valence-corrected chi connectivity index (χ4v) is 6.97. The van der Waals surface area contributed by atoms with Crippen LogP contribution in [0.5, 0.6) is 5.75 Å². The highest BCUT2D eigenvalue weighted by Gasteiger charge is 2.64. The Morgan fingerprint density at radius 3 is 2.34 bits per heavy atom. The van der Waals surface area contributed by atoms with E-state index in [2.05, 4.69) is 58.0 Å². The SMILES string of the molecule is O=C(NCc1ccccc1)[C@@]12C[C@@H]3CN(Cc4ccccc4)[C@H]([C@@H]3CN1)[C@@H]2Cc1ccc(O)cc1. The van der Waals surface area contributed by atoms with Gasteiger partial charge in [0.15, 0.2) is 0 Å². The van der Waals surface area contributed by atoms with Gasteiger partial charge in [-0.15, -0.1) is 0 Å². The first kappa shape index (κ1) is 22.3. The van der Waals surface area contributed by atoms with Gasteiger partial charge < -0.3 is 15.7 Å². The Bertz CT molecular complexity index is 1170. The van der Waals surface area contributed by atoms with Crippen LogP contribution in [0.15, 0.2) is 84.9 Å². The molecule has 0 aromatic heterocycles. The minimum atomic E-state index is -0.581. The summed E-state index contributed by atoms with van der Waals surface area (Å²) in [6, 6.07) is 28.7. The number of hydrogen-bond acceptors (Lipinski definition) is 4. The molecule has 35 heavy (non-hydrogen) atoms. The lowest BCUT2D eigenvalue weighted by atomic mass is 9.58. The molecule has 4 aliphatic rings. The quantitative estimate of drug-likeness (QED) is 0.496. The number of carbonyl (C=O) groups is 1. The fraction of sp³-hybridized carbons (Fsp3) is 0.367. The Kier molecular flexibility index (Phi) is 5.83. The van der Waals surface area contributed by atoms with E-state index >= 15 is 0 Å². The molecule has 0 spiro atoms. The van der Waals surface area contributed by atoms with Crippen molar-refractivity contribution >= 4 is 5.91 Å². The van der Waals surface area contributed by atoms with Crippen molar-refractivity contribution in [3.63, 3.8) is 0 Å². The molecule has 7 rings (SSSR count). The van der Waals surface area contributed by atoms with E-state index in [0.29, 0.717) is 24.4 Å². The maximum atomic E-state index is 14.0. The number of piperidine rings is 2. The smallest absolute Gasteiger partial charge is 0.240 e. The summed E-state index contributed by atoms with van der Waals surface area (Å²) in [6.45, 7) is 3.41. The number of nitrogens with one attached hydrogen (secondary N) is 2. The average molecular weight is 468 g/mol. The van der Waals surface area contributed by atoms with Crippen molar-refractivity contribution < 1.29 is 9.90 Å². The molecule has 0 radical (unpaired) electrons. The Balaban J connectivity index is 1.31. The Morgan fingerprint density at radius 2 is 1.63 bits per heavy atom. The number of hydrogen-bond donors (Lipinski definition) is 3. The first-order valence-corrected chi connectivity index (χ1v) is 12.8. The van der Waals surface area contributed by atoms with Crippen molar-refractivity contribution in [3.8, 4) is 5.75 Å². The second-order valence-corrected chi connectivity index (χ2v) is 10.5. The van der Waals surface area contributed by atoms with Crippen molar-refractivity contribution in [1.82, 2.24) is 15.5 Å². The molecule has 1 saturated carbocycles. The van der Waals surface area contributed by atoms with Crippen molar-refractivity contribution in [3.05, 3.63) is 102 Å². The molecule has 4 bridgehead atoms. The Morgan fingerprint density at radius 1 is 0.943 bits per heavy atom. The molecule has 3 aliphatic heterocycles. The third-order valence-corrected chi connectivity index (χ3v) is 8.54. The number of amides is 1. The molecule has 4 fully saturated rings. The lowest BCUT2D eigenvalue weighted by molar-refractivity contribution is -0.138. The number of aromatic hydroxyl groups is 1. The number of fused-ring (bicyclic) bond motifs is 1. The normalized spacial score (nSPS) is 29.3. The Hall–Kier alpha value is -3.15. The number of nitrogens with zero attached hydrogens (tertiary/aromatic N) is 1. The second-order valence-electron chi connectivity index (χ2n) is 10.5.